The Morgan fingerprint density at radius 1 is 0.962 bits per heavy atom. The van der Waals surface area contributed by atoms with Crippen LogP contribution in [0.2, 0.25) is 0 Å². The van der Waals surface area contributed by atoms with Crippen LogP contribution >= 0.6 is 0 Å². The van der Waals surface area contributed by atoms with Gasteiger partial charge in [0, 0.05) is 46.8 Å². The summed E-state index contributed by atoms with van der Waals surface area (Å²) in [4.78, 5) is 14.0. The molecule has 0 amide bonds. The van der Waals surface area contributed by atoms with Crippen LogP contribution in [0.3, 0.4) is 0 Å². The zero-order valence-corrected chi connectivity index (χ0v) is 13.7. The summed E-state index contributed by atoms with van der Waals surface area (Å²) in [5.41, 5.74) is 5.18. The van der Waals surface area contributed by atoms with Crippen molar-refractivity contribution in [2.24, 2.45) is 0 Å². The molecular formula is C21H14N2O3. The van der Waals surface area contributed by atoms with Crippen LogP contribution in [0.4, 0.5) is 5.69 Å². The molecule has 5 rings (SSSR count). The van der Waals surface area contributed by atoms with Crippen LogP contribution in [0.15, 0.2) is 66.9 Å². The van der Waals surface area contributed by atoms with Gasteiger partial charge in [-0.2, -0.15) is 0 Å². The van der Waals surface area contributed by atoms with Crippen molar-refractivity contribution in [1.29, 1.82) is 0 Å². The van der Waals surface area contributed by atoms with Gasteiger partial charge in [-0.25, -0.2) is 0 Å². The van der Waals surface area contributed by atoms with E-state index in [4.69, 9.17) is 4.74 Å². The Balaban J connectivity index is 1.70. The highest BCUT2D eigenvalue weighted by molar-refractivity contribution is 5.98. The van der Waals surface area contributed by atoms with Crippen molar-refractivity contribution in [2.45, 2.75) is 6.42 Å². The maximum atomic E-state index is 11.2. The maximum absolute atomic E-state index is 11.2. The third-order valence-corrected chi connectivity index (χ3v) is 4.86. The summed E-state index contributed by atoms with van der Waals surface area (Å²) < 4.78 is 6.07. The van der Waals surface area contributed by atoms with Crippen LogP contribution in [-0.2, 0) is 6.42 Å². The molecule has 0 bridgehead atoms. The Kier molecular flexibility index (Phi) is 3.09. The SMILES string of the molecule is O=[N+]([O-])c1ccc2[nH]cc(-c3cccc4c3Cc3ccccc3O4)c2c1. The fourth-order valence-electron chi connectivity index (χ4n) is 3.60. The molecule has 0 saturated carbocycles. The van der Waals surface area contributed by atoms with Crippen LogP contribution in [-0.4, -0.2) is 9.91 Å². The first-order valence-electron chi connectivity index (χ1n) is 8.34. The van der Waals surface area contributed by atoms with E-state index < -0.39 is 0 Å². The molecule has 0 aliphatic carbocycles. The molecule has 0 unspecified atom stereocenters. The minimum absolute atomic E-state index is 0.0877. The third-order valence-electron chi connectivity index (χ3n) is 4.86. The molecule has 3 aromatic carbocycles. The van der Waals surface area contributed by atoms with Gasteiger partial charge in [0.1, 0.15) is 11.5 Å². The molecule has 0 radical (unpaired) electrons. The topological polar surface area (TPSA) is 68.2 Å². The standard InChI is InChI=1S/C21H14N2O3/c24-23(25)14-8-9-19-16(11-14)18(12-22-19)15-5-3-7-21-17(15)10-13-4-1-2-6-20(13)26-21/h1-9,11-12,22H,10H2. The molecule has 126 valence electrons. The Hall–Kier alpha value is -3.60. The summed E-state index contributed by atoms with van der Waals surface area (Å²) in [6, 6.07) is 18.9. The Labute approximate surface area is 149 Å². The average Bonchev–Trinajstić information content (AvgIpc) is 3.09. The van der Waals surface area contributed by atoms with Crippen molar-refractivity contribution in [3.63, 3.8) is 0 Å². The highest BCUT2D eigenvalue weighted by Gasteiger charge is 2.21. The van der Waals surface area contributed by atoms with Crippen LogP contribution in [0.5, 0.6) is 11.5 Å². The van der Waals surface area contributed by atoms with E-state index in [9.17, 15) is 10.1 Å². The molecule has 0 saturated heterocycles. The van der Waals surface area contributed by atoms with Gasteiger partial charge in [-0.05, 0) is 29.3 Å². The van der Waals surface area contributed by atoms with Crippen LogP contribution < -0.4 is 4.74 Å². The van der Waals surface area contributed by atoms with Crippen molar-refractivity contribution in [3.8, 4) is 22.6 Å². The summed E-state index contributed by atoms with van der Waals surface area (Å²) in [7, 11) is 0. The van der Waals surface area contributed by atoms with Gasteiger partial charge in [-0.3, -0.25) is 10.1 Å². The van der Waals surface area contributed by atoms with E-state index in [1.807, 2.05) is 42.6 Å². The zero-order valence-electron chi connectivity index (χ0n) is 13.7. The van der Waals surface area contributed by atoms with E-state index in [2.05, 4.69) is 11.1 Å². The predicted octanol–water partition coefficient (Wildman–Crippen LogP) is 5.44. The number of aromatic nitrogens is 1. The first-order valence-corrected chi connectivity index (χ1v) is 8.34. The molecule has 0 fully saturated rings. The van der Waals surface area contributed by atoms with Crippen LogP contribution in [0, 0.1) is 10.1 Å². The summed E-state index contributed by atoms with van der Waals surface area (Å²) in [5, 5.41) is 12.0. The molecule has 2 heterocycles. The molecule has 4 aromatic rings. The number of aromatic amines is 1. The zero-order chi connectivity index (χ0) is 17.7. The van der Waals surface area contributed by atoms with Crippen molar-refractivity contribution in [3.05, 3.63) is 88.1 Å². The highest BCUT2D eigenvalue weighted by atomic mass is 16.6. The Bertz CT molecular complexity index is 1180. The number of hydrogen-bond donors (Lipinski definition) is 1. The van der Waals surface area contributed by atoms with Gasteiger partial charge in [0.2, 0.25) is 0 Å². The Morgan fingerprint density at radius 2 is 1.81 bits per heavy atom. The number of H-pyrrole nitrogens is 1. The van der Waals surface area contributed by atoms with E-state index in [1.165, 1.54) is 6.07 Å². The minimum Gasteiger partial charge on any atom is -0.457 e. The van der Waals surface area contributed by atoms with Crippen molar-refractivity contribution in [1.82, 2.24) is 4.98 Å². The largest absolute Gasteiger partial charge is 0.457 e. The van der Waals surface area contributed by atoms with Crippen molar-refractivity contribution >= 4 is 16.6 Å². The van der Waals surface area contributed by atoms with Crippen molar-refractivity contribution in [2.75, 3.05) is 0 Å². The highest BCUT2D eigenvalue weighted by Crippen LogP contribution is 2.42. The summed E-state index contributed by atoms with van der Waals surface area (Å²) in [6.07, 6.45) is 2.67. The number of benzene rings is 3. The number of para-hydroxylation sites is 1. The van der Waals surface area contributed by atoms with Gasteiger partial charge in [-0.15, -0.1) is 0 Å². The van der Waals surface area contributed by atoms with Crippen molar-refractivity contribution < 1.29 is 9.66 Å². The molecular weight excluding hydrogens is 328 g/mol. The second kappa shape index (κ2) is 5.46. The second-order valence-electron chi connectivity index (χ2n) is 6.36. The molecule has 1 aliphatic rings. The molecule has 0 atom stereocenters. The number of fused-ring (bicyclic) bond motifs is 3. The minimum atomic E-state index is -0.365. The lowest BCUT2D eigenvalue weighted by Crippen LogP contribution is -2.04. The van der Waals surface area contributed by atoms with Gasteiger partial charge in [0.25, 0.3) is 5.69 Å². The van der Waals surface area contributed by atoms with Gasteiger partial charge in [-0.1, -0.05) is 30.3 Å². The van der Waals surface area contributed by atoms with E-state index >= 15 is 0 Å². The lowest BCUT2D eigenvalue weighted by atomic mass is 9.92. The Morgan fingerprint density at radius 3 is 2.69 bits per heavy atom. The fourth-order valence-corrected chi connectivity index (χ4v) is 3.60. The maximum Gasteiger partial charge on any atom is 0.270 e. The molecule has 1 N–H and O–H groups in total. The molecule has 0 spiro atoms. The lowest BCUT2D eigenvalue weighted by Gasteiger charge is -2.22. The number of ether oxygens (including phenoxy) is 1. The number of nitrogens with one attached hydrogen (secondary N) is 1. The number of nitro groups is 1. The van der Waals surface area contributed by atoms with E-state index in [0.717, 1.165) is 51.1 Å². The normalized spacial score (nSPS) is 12.3. The predicted molar refractivity (Wildman–Crippen MR) is 99.7 cm³/mol. The molecule has 1 aliphatic heterocycles. The number of nitro benzene ring substituents is 1. The summed E-state index contributed by atoms with van der Waals surface area (Å²) >= 11 is 0. The van der Waals surface area contributed by atoms with Crippen LogP contribution in [0.1, 0.15) is 11.1 Å². The number of hydrogen-bond acceptors (Lipinski definition) is 3. The second-order valence-corrected chi connectivity index (χ2v) is 6.36. The molecule has 5 heteroatoms. The van der Waals surface area contributed by atoms with Gasteiger partial charge < -0.3 is 9.72 Å². The van der Waals surface area contributed by atoms with E-state index in [-0.39, 0.29) is 10.6 Å². The summed E-state index contributed by atoms with van der Waals surface area (Å²) in [5.74, 6) is 1.72. The third kappa shape index (κ3) is 2.18. The average molecular weight is 342 g/mol. The quantitative estimate of drug-likeness (QED) is 0.343. The first-order chi connectivity index (χ1) is 12.7. The lowest BCUT2D eigenvalue weighted by molar-refractivity contribution is -0.384. The van der Waals surface area contributed by atoms with Gasteiger partial charge in [0.15, 0.2) is 0 Å². The molecule has 5 nitrogen and oxygen atoms in total. The molecule has 26 heavy (non-hydrogen) atoms. The van der Waals surface area contributed by atoms with Gasteiger partial charge in [0.05, 0.1) is 4.92 Å². The van der Waals surface area contributed by atoms with Crippen LogP contribution in [0.25, 0.3) is 22.0 Å². The first kappa shape index (κ1) is 14.7. The van der Waals surface area contributed by atoms with E-state index in [1.54, 1.807) is 12.1 Å². The number of rotatable bonds is 2. The fraction of sp³-hybridized carbons (Fsp3) is 0.0476. The molecule has 1 aromatic heterocycles. The number of non-ortho nitro benzene ring substituents is 1. The number of nitrogens with zero attached hydrogens (tertiary/aromatic N) is 1. The van der Waals surface area contributed by atoms with Gasteiger partial charge >= 0.3 is 0 Å². The smallest absolute Gasteiger partial charge is 0.270 e. The summed E-state index contributed by atoms with van der Waals surface area (Å²) in [6.45, 7) is 0. The monoisotopic (exact) mass is 342 g/mol. The van der Waals surface area contributed by atoms with E-state index in [0.29, 0.717) is 0 Å².